The normalized spacial score (nSPS) is 15.6. The van der Waals surface area contributed by atoms with Crippen LogP contribution in [0.3, 0.4) is 0 Å². The van der Waals surface area contributed by atoms with Crippen LogP contribution in [0.5, 0.6) is 5.75 Å². The average Bonchev–Trinajstić information content (AvgIpc) is 2.95. The molecule has 0 fully saturated rings. The monoisotopic (exact) mass is 402 g/mol. The number of carbonyl (C=O) groups is 2. The average molecular weight is 403 g/mol. The Morgan fingerprint density at radius 1 is 1.15 bits per heavy atom. The van der Waals surface area contributed by atoms with Gasteiger partial charge in [0.1, 0.15) is 5.75 Å². The third kappa shape index (κ3) is 4.04. The van der Waals surface area contributed by atoms with Crippen LogP contribution in [0.1, 0.15) is 19.4 Å². The largest absolute Gasteiger partial charge is 0.482 e. The van der Waals surface area contributed by atoms with Crippen molar-refractivity contribution in [1.29, 1.82) is 0 Å². The molecule has 0 atom stereocenters. The standard InChI is InChI=1S/C20H16Cl2N2O3/c1-12(14-6-4-3-5-7-14)19-13(2)23-24(20(19)26)18(25)11-27-17-9-8-15(21)10-16(17)22/h3-10H,11H2,1-2H3/b19-12+. The van der Waals surface area contributed by atoms with Gasteiger partial charge < -0.3 is 4.74 Å². The van der Waals surface area contributed by atoms with Gasteiger partial charge in [-0.05, 0) is 43.2 Å². The number of ether oxygens (including phenoxy) is 1. The van der Waals surface area contributed by atoms with Crippen LogP contribution < -0.4 is 4.74 Å². The zero-order valence-corrected chi connectivity index (χ0v) is 16.2. The first-order chi connectivity index (χ1) is 12.9. The molecule has 0 aromatic heterocycles. The minimum atomic E-state index is -0.582. The fourth-order valence-corrected chi connectivity index (χ4v) is 3.20. The van der Waals surface area contributed by atoms with Crippen molar-refractivity contribution in [3.05, 3.63) is 69.7 Å². The molecular formula is C20H16Cl2N2O3. The van der Waals surface area contributed by atoms with Crippen LogP contribution in [0, 0.1) is 0 Å². The molecule has 5 nitrogen and oxygen atoms in total. The first-order valence-electron chi connectivity index (χ1n) is 8.15. The fourth-order valence-electron chi connectivity index (χ4n) is 2.73. The van der Waals surface area contributed by atoms with Crippen LogP contribution in [-0.2, 0) is 9.59 Å². The van der Waals surface area contributed by atoms with Gasteiger partial charge in [0, 0.05) is 5.02 Å². The summed E-state index contributed by atoms with van der Waals surface area (Å²) in [6, 6.07) is 14.1. The molecule has 0 aliphatic carbocycles. The van der Waals surface area contributed by atoms with Crippen molar-refractivity contribution < 1.29 is 14.3 Å². The van der Waals surface area contributed by atoms with E-state index in [0.717, 1.165) is 16.1 Å². The molecule has 0 N–H and O–H groups in total. The zero-order valence-electron chi connectivity index (χ0n) is 14.7. The smallest absolute Gasteiger partial charge is 0.288 e. The molecule has 3 rings (SSSR count). The topological polar surface area (TPSA) is 59.0 Å². The Morgan fingerprint density at radius 3 is 2.52 bits per heavy atom. The third-order valence-corrected chi connectivity index (χ3v) is 4.61. The number of amides is 2. The van der Waals surface area contributed by atoms with Crippen molar-refractivity contribution in [3.8, 4) is 5.75 Å². The first-order valence-corrected chi connectivity index (χ1v) is 8.91. The van der Waals surface area contributed by atoms with Gasteiger partial charge in [-0.2, -0.15) is 10.1 Å². The number of benzene rings is 2. The van der Waals surface area contributed by atoms with Crippen LogP contribution in [0.15, 0.2) is 59.2 Å². The van der Waals surface area contributed by atoms with E-state index in [9.17, 15) is 9.59 Å². The minimum absolute atomic E-state index is 0.281. The molecule has 0 unspecified atom stereocenters. The summed E-state index contributed by atoms with van der Waals surface area (Å²) in [4.78, 5) is 25.2. The molecule has 0 bridgehead atoms. The predicted octanol–water partition coefficient (Wildman–Crippen LogP) is 4.59. The second-order valence-corrected chi connectivity index (χ2v) is 6.77. The molecule has 2 amide bonds. The van der Waals surface area contributed by atoms with Gasteiger partial charge in [0.05, 0.1) is 16.3 Å². The Labute approximate surface area is 166 Å². The molecule has 1 aliphatic rings. The first kappa shape index (κ1) is 19.1. The van der Waals surface area contributed by atoms with Crippen molar-refractivity contribution in [3.63, 3.8) is 0 Å². The van der Waals surface area contributed by atoms with E-state index in [0.29, 0.717) is 22.1 Å². The van der Waals surface area contributed by atoms with E-state index < -0.39 is 11.8 Å². The van der Waals surface area contributed by atoms with Crippen molar-refractivity contribution in [2.75, 3.05) is 6.61 Å². The number of nitrogens with zero attached hydrogens (tertiary/aromatic N) is 2. The summed E-state index contributed by atoms with van der Waals surface area (Å²) in [5, 5.41) is 5.68. The van der Waals surface area contributed by atoms with E-state index >= 15 is 0 Å². The Balaban J connectivity index is 1.76. The minimum Gasteiger partial charge on any atom is -0.482 e. The number of allylic oxidation sites excluding steroid dienone is 1. The van der Waals surface area contributed by atoms with Gasteiger partial charge in [0.25, 0.3) is 11.8 Å². The molecule has 1 aliphatic heterocycles. The lowest BCUT2D eigenvalue weighted by atomic mass is 9.99. The summed E-state index contributed by atoms with van der Waals surface area (Å²) >= 11 is 11.9. The number of halogens is 2. The lowest BCUT2D eigenvalue weighted by Gasteiger charge is -2.12. The summed E-state index contributed by atoms with van der Waals surface area (Å²) in [7, 11) is 0. The van der Waals surface area contributed by atoms with Gasteiger partial charge in [0.2, 0.25) is 0 Å². The Kier molecular flexibility index (Phi) is 5.63. The molecule has 0 saturated heterocycles. The van der Waals surface area contributed by atoms with E-state index in [4.69, 9.17) is 27.9 Å². The molecule has 0 saturated carbocycles. The van der Waals surface area contributed by atoms with Gasteiger partial charge >= 0.3 is 0 Å². The highest BCUT2D eigenvalue weighted by molar-refractivity contribution is 6.35. The number of imide groups is 1. The Bertz CT molecular complexity index is 968. The Morgan fingerprint density at radius 2 is 1.85 bits per heavy atom. The van der Waals surface area contributed by atoms with Gasteiger partial charge in [-0.3, -0.25) is 9.59 Å². The Hall–Kier alpha value is -2.63. The van der Waals surface area contributed by atoms with E-state index in [1.807, 2.05) is 37.3 Å². The number of carbonyl (C=O) groups excluding carboxylic acids is 2. The molecule has 27 heavy (non-hydrogen) atoms. The maximum Gasteiger partial charge on any atom is 0.288 e. The summed E-state index contributed by atoms with van der Waals surface area (Å²) < 4.78 is 5.41. The van der Waals surface area contributed by atoms with Crippen LogP contribution in [0.2, 0.25) is 10.0 Å². The second kappa shape index (κ2) is 7.94. The van der Waals surface area contributed by atoms with Crippen molar-refractivity contribution >= 4 is 46.3 Å². The summed E-state index contributed by atoms with van der Waals surface area (Å²) in [6.07, 6.45) is 0. The van der Waals surface area contributed by atoms with Crippen molar-refractivity contribution in [1.82, 2.24) is 5.01 Å². The molecular weight excluding hydrogens is 387 g/mol. The molecule has 0 radical (unpaired) electrons. The van der Waals surface area contributed by atoms with Crippen LogP contribution in [0.4, 0.5) is 0 Å². The number of rotatable bonds is 4. The van der Waals surface area contributed by atoms with Crippen molar-refractivity contribution in [2.24, 2.45) is 5.10 Å². The van der Waals surface area contributed by atoms with E-state index in [1.54, 1.807) is 19.1 Å². The second-order valence-electron chi connectivity index (χ2n) is 5.93. The fraction of sp³-hybridized carbons (Fsp3) is 0.150. The summed E-state index contributed by atoms with van der Waals surface area (Å²) in [6.45, 7) is 3.16. The maximum atomic E-state index is 12.7. The van der Waals surface area contributed by atoms with Gasteiger partial charge in [0.15, 0.2) is 6.61 Å². The van der Waals surface area contributed by atoms with Crippen molar-refractivity contribution in [2.45, 2.75) is 13.8 Å². The maximum absolute atomic E-state index is 12.7. The molecule has 138 valence electrons. The molecule has 7 heteroatoms. The number of hydrogen-bond donors (Lipinski definition) is 0. The SMILES string of the molecule is CC1=NN(C(=O)COc2ccc(Cl)cc2Cl)C(=O)/C1=C(\C)c1ccccc1. The lowest BCUT2D eigenvalue weighted by Crippen LogP contribution is -2.33. The predicted molar refractivity (Wildman–Crippen MR) is 106 cm³/mol. The molecule has 0 spiro atoms. The van der Waals surface area contributed by atoms with Gasteiger partial charge in [-0.1, -0.05) is 53.5 Å². The molecule has 2 aromatic rings. The van der Waals surface area contributed by atoms with Gasteiger partial charge in [-0.25, -0.2) is 0 Å². The van der Waals surface area contributed by atoms with Crippen LogP contribution in [0.25, 0.3) is 5.57 Å². The summed E-state index contributed by atoms with van der Waals surface area (Å²) in [5.41, 5.74) is 2.56. The zero-order chi connectivity index (χ0) is 19.6. The quantitative estimate of drug-likeness (QED) is 0.702. The lowest BCUT2D eigenvalue weighted by molar-refractivity contribution is -0.142. The van der Waals surface area contributed by atoms with E-state index in [2.05, 4.69) is 5.10 Å². The summed E-state index contributed by atoms with van der Waals surface area (Å²) in [5.74, 6) is -0.746. The molecule has 2 aromatic carbocycles. The van der Waals surface area contributed by atoms with Gasteiger partial charge in [-0.15, -0.1) is 0 Å². The molecule has 1 heterocycles. The number of hydrazone groups is 1. The van der Waals surface area contributed by atoms with Crippen LogP contribution in [-0.4, -0.2) is 29.1 Å². The van der Waals surface area contributed by atoms with E-state index in [1.165, 1.54) is 6.07 Å². The highest BCUT2D eigenvalue weighted by Gasteiger charge is 2.34. The highest BCUT2D eigenvalue weighted by atomic mass is 35.5. The van der Waals surface area contributed by atoms with E-state index in [-0.39, 0.29) is 11.6 Å². The number of hydrogen-bond acceptors (Lipinski definition) is 4. The third-order valence-electron chi connectivity index (χ3n) is 4.08. The van der Waals surface area contributed by atoms with Crippen LogP contribution >= 0.6 is 23.2 Å². The highest BCUT2D eigenvalue weighted by Crippen LogP contribution is 2.28.